The van der Waals surface area contributed by atoms with Gasteiger partial charge in [-0.2, -0.15) is 0 Å². The zero-order valence-corrected chi connectivity index (χ0v) is 14.8. The number of aromatic nitrogens is 3. The summed E-state index contributed by atoms with van der Waals surface area (Å²) in [7, 11) is 0. The van der Waals surface area contributed by atoms with Crippen LogP contribution in [-0.2, 0) is 0 Å². The number of hydrogen-bond acceptors (Lipinski definition) is 6. The van der Waals surface area contributed by atoms with Gasteiger partial charge in [0.05, 0.1) is 12.1 Å². The third-order valence-electron chi connectivity index (χ3n) is 4.85. The van der Waals surface area contributed by atoms with E-state index in [1.54, 1.807) is 24.5 Å². The monoisotopic (exact) mass is 370 g/mol. The number of fused-ring (bicyclic) bond motifs is 1. The zero-order valence-electron chi connectivity index (χ0n) is 14.1. The van der Waals surface area contributed by atoms with Gasteiger partial charge < -0.3 is 15.5 Å². The SMILES string of the molecule is Oc1cc(Cl)ccc1-c1nnc(NC2CCCCC2O)c2cnccc12. The van der Waals surface area contributed by atoms with Crippen LogP contribution in [0.25, 0.3) is 22.0 Å². The highest BCUT2D eigenvalue weighted by Gasteiger charge is 2.24. The molecule has 4 rings (SSSR count). The Bertz CT molecular complexity index is 950. The molecule has 1 aliphatic rings. The van der Waals surface area contributed by atoms with Crippen molar-refractivity contribution in [3.05, 3.63) is 41.7 Å². The smallest absolute Gasteiger partial charge is 0.158 e. The van der Waals surface area contributed by atoms with E-state index in [0.717, 1.165) is 36.5 Å². The van der Waals surface area contributed by atoms with Crippen LogP contribution in [-0.4, -0.2) is 37.5 Å². The highest BCUT2D eigenvalue weighted by atomic mass is 35.5. The van der Waals surface area contributed by atoms with Crippen molar-refractivity contribution in [3.63, 3.8) is 0 Å². The minimum atomic E-state index is -0.391. The summed E-state index contributed by atoms with van der Waals surface area (Å²) in [6.07, 6.45) is 6.81. The van der Waals surface area contributed by atoms with Gasteiger partial charge in [0, 0.05) is 33.8 Å². The van der Waals surface area contributed by atoms with Crippen molar-refractivity contribution in [1.82, 2.24) is 15.2 Å². The van der Waals surface area contributed by atoms with Crippen LogP contribution in [0.2, 0.25) is 5.02 Å². The first-order valence-electron chi connectivity index (χ1n) is 8.67. The molecule has 2 atom stereocenters. The summed E-state index contributed by atoms with van der Waals surface area (Å²) in [6.45, 7) is 0. The Morgan fingerprint density at radius 2 is 1.92 bits per heavy atom. The van der Waals surface area contributed by atoms with Gasteiger partial charge in [-0.25, -0.2) is 0 Å². The highest BCUT2D eigenvalue weighted by Crippen LogP contribution is 2.36. The third kappa shape index (κ3) is 3.18. The Morgan fingerprint density at radius 1 is 1.08 bits per heavy atom. The second-order valence-corrected chi connectivity index (χ2v) is 7.02. The summed E-state index contributed by atoms with van der Waals surface area (Å²) in [5.74, 6) is 0.643. The molecular weight excluding hydrogens is 352 g/mol. The Kier molecular flexibility index (Phi) is 4.61. The number of nitrogens with one attached hydrogen (secondary N) is 1. The fraction of sp³-hybridized carbons (Fsp3) is 0.316. The van der Waals surface area contributed by atoms with Gasteiger partial charge >= 0.3 is 0 Å². The Hall–Kier alpha value is -2.44. The first-order valence-corrected chi connectivity index (χ1v) is 9.05. The van der Waals surface area contributed by atoms with E-state index in [0.29, 0.717) is 22.1 Å². The topological polar surface area (TPSA) is 91.2 Å². The van der Waals surface area contributed by atoms with Crippen molar-refractivity contribution in [2.24, 2.45) is 0 Å². The summed E-state index contributed by atoms with van der Waals surface area (Å²) in [4.78, 5) is 4.20. The fourth-order valence-electron chi connectivity index (χ4n) is 3.46. The number of pyridine rings is 1. The van der Waals surface area contributed by atoms with Gasteiger partial charge in [0.1, 0.15) is 11.4 Å². The van der Waals surface area contributed by atoms with E-state index in [1.165, 1.54) is 6.07 Å². The number of phenols is 1. The Labute approximate surface area is 155 Å². The maximum absolute atomic E-state index is 10.3. The van der Waals surface area contributed by atoms with E-state index in [9.17, 15) is 10.2 Å². The summed E-state index contributed by atoms with van der Waals surface area (Å²) in [5, 5.41) is 34.5. The van der Waals surface area contributed by atoms with E-state index >= 15 is 0 Å². The van der Waals surface area contributed by atoms with Crippen LogP contribution in [0.1, 0.15) is 25.7 Å². The number of aliphatic hydroxyl groups is 1. The Balaban J connectivity index is 1.78. The number of phenolic OH excluding ortho intramolecular Hbond substituents is 1. The molecule has 0 bridgehead atoms. The van der Waals surface area contributed by atoms with Gasteiger partial charge in [0.25, 0.3) is 0 Å². The van der Waals surface area contributed by atoms with Crippen LogP contribution in [0, 0.1) is 0 Å². The van der Waals surface area contributed by atoms with Gasteiger partial charge in [0.15, 0.2) is 5.82 Å². The van der Waals surface area contributed by atoms with E-state index in [1.807, 2.05) is 6.07 Å². The lowest BCUT2D eigenvalue weighted by atomic mass is 9.92. The van der Waals surface area contributed by atoms with E-state index < -0.39 is 6.10 Å². The summed E-state index contributed by atoms with van der Waals surface area (Å²) < 4.78 is 0. The molecule has 0 saturated heterocycles. The molecule has 1 aromatic carbocycles. The lowest BCUT2D eigenvalue weighted by molar-refractivity contribution is 0.116. The van der Waals surface area contributed by atoms with Crippen LogP contribution in [0.5, 0.6) is 5.75 Å². The number of rotatable bonds is 3. The summed E-state index contributed by atoms with van der Waals surface area (Å²) in [5.41, 5.74) is 1.12. The molecule has 26 heavy (non-hydrogen) atoms. The van der Waals surface area contributed by atoms with Gasteiger partial charge in [-0.3, -0.25) is 4.98 Å². The van der Waals surface area contributed by atoms with Crippen molar-refractivity contribution >= 4 is 28.2 Å². The minimum absolute atomic E-state index is 0.0451. The molecule has 0 aliphatic heterocycles. The van der Waals surface area contributed by atoms with Crippen LogP contribution in [0.3, 0.4) is 0 Å². The van der Waals surface area contributed by atoms with Crippen molar-refractivity contribution < 1.29 is 10.2 Å². The van der Waals surface area contributed by atoms with Crippen LogP contribution in [0.4, 0.5) is 5.82 Å². The molecule has 0 radical (unpaired) electrons. The standard InChI is InChI=1S/C19H19ClN4O2/c20-11-5-6-13(17(26)9-11)18-12-7-8-21-10-14(12)19(24-23-18)22-15-3-1-2-4-16(15)25/h5-10,15-16,25-26H,1-4H2,(H,22,24). The number of benzene rings is 1. The molecule has 134 valence electrons. The third-order valence-corrected chi connectivity index (χ3v) is 5.08. The first kappa shape index (κ1) is 17.0. The van der Waals surface area contributed by atoms with Crippen LogP contribution < -0.4 is 5.32 Å². The maximum Gasteiger partial charge on any atom is 0.158 e. The molecule has 1 saturated carbocycles. The predicted octanol–water partition coefficient (Wildman–Crippen LogP) is 3.77. The summed E-state index contributed by atoms with van der Waals surface area (Å²) in [6, 6.07) is 6.71. The summed E-state index contributed by atoms with van der Waals surface area (Å²) >= 11 is 5.93. The lowest BCUT2D eigenvalue weighted by Gasteiger charge is -2.29. The average Bonchev–Trinajstić information content (AvgIpc) is 2.64. The molecule has 0 amide bonds. The number of halogens is 1. The van der Waals surface area contributed by atoms with Gasteiger partial charge in [-0.15, -0.1) is 10.2 Å². The molecule has 7 heteroatoms. The number of aliphatic hydroxyl groups excluding tert-OH is 1. The normalized spacial score (nSPS) is 20.2. The predicted molar refractivity (Wildman–Crippen MR) is 101 cm³/mol. The number of aromatic hydroxyl groups is 1. The van der Waals surface area contributed by atoms with E-state index in [-0.39, 0.29) is 11.8 Å². The average molecular weight is 371 g/mol. The van der Waals surface area contributed by atoms with Gasteiger partial charge in [-0.1, -0.05) is 24.4 Å². The maximum atomic E-state index is 10.3. The van der Waals surface area contributed by atoms with E-state index in [2.05, 4.69) is 20.5 Å². The first-order chi connectivity index (χ1) is 12.6. The second kappa shape index (κ2) is 7.05. The largest absolute Gasteiger partial charge is 0.507 e. The highest BCUT2D eigenvalue weighted by molar-refractivity contribution is 6.30. The van der Waals surface area contributed by atoms with E-state index in [4.69, 9.17) is 11.6 Å². The Morgan fingerprint density at radius 3 is 2.73 bits per heavy atom. The molecule has 3 N–H and O–H groups in total. The molecule has 2 heterocycles. The van der Waals surface area contributed by atoms with Crippen molar-refractivity contribution in [2.75, 3.05) is 5.32 Å². The molecule has 0 spiro atoms. The number of hydrogen-bond donors (Lipinski definition) is 3. The molecule has 2 unspecified atom stereocenters. The minimum Gasteiger partial charge on any atom is -0.507 e. The molecular formula is C19H19ClN4O2. The fourth-order valence-corrected chi connectivity index (χ4v) is 3.63. The van der Waals surface area contributed by atoms with Gasteiger partial charge in [-0.05, 0) is 37.1 Å². The number of nitrogens with zero attached hydrogens (tertiary/aromatic N) is 3. The molecule has 3 aromatic rings. The number of anilines is 1. The molecule has 1 aliphatic carbocycles. The second-order valence-electron chi connectivity index (χ2n) is 6.58. The van der Waals surface area contributed by atoms with Crippen molar-refractivity contribution in [1.29, 1.82) is 0 Å². The molecule has 6 nitrogen and oxygen atoms in total. The van der Waals surface area contributed by atoms with Gasteiger partial charge in [0.2, 0.25) is 0 Å². The van der Waals surface area contributed by atoms with Crippen molar-refractivity contribution in [3.8, 4) is 17.0 Å². The quantitative estimate of drug-likeness (QED) is 0.650. The van der Waals surface area contributed by atoms with Crippen molar-refractivity contribution in [2.45, 2.75) is 37.8 Å². The lowest BCUT2D eigenvalue weighted by Crippen LogP contribution is -2.36. The van der Waals surface area contributed by atoms with Crippen LogP contribution in [0.15, 0.2) is 36.7 Å². The molecule has 2 aromatic heterocycles. The molecule has 1 fully saturated rings. The van der Waals surface area contributed by atoms with Crippen LogP contribution >= 0.6 is 11.6 Å². The zero-order chi connectivity index (χ0) is 18.1.